The molecule has 110 valence electrons. The van der Waals surface area contributed by atoms with Crippen molar-refractivity contribution in [1.29, 1.82) is 0 Å². The monoisotopic (exact) mass is 304 g/mol. The van der Waals surface area contributed by atoms with Crippen LogP contribution >= 0.6 is 11.6 Å². The molecule has 0 aromatic heterocycles. The average molecular weight is 305 g/mol. The number of aliphatic hydroxyl groups is 1. The molecule has 0 bridgehead atoms. The molecule has 3 rings (SSSR count). The van der Waals surface area contributed by atoms with Gasteiger partial charge in [0.05, 0.1) is 6.10 Å². The van der Waals surface area contributed by atoms with Crippen molar-refractivity contribution in [3.63, 3.8) is 0 Å². The Morgan fingerprint density at radius 3 is 2.43 bits per heavy atom. The standard InChI is InChI=1S/C18H18ClFO/c19-15-8-7-13(16(20)12-15)11-17(21)18(9-4-10-18)14-5-2-1-3-6-14/h1-3,5-8,12,17,21H,4,9-11H2. The van der Waals surface area contributed by atoms with E-state index in [-0.39, 0.29) is 11.2 Å². The van der Waals surface area contributed by atoms with Crippen molar-refractivity contribution in [1.82, 2.24) is 0 Å². The van der Waals surface area contributed by atoms with E-state index in [4.69, 9.17) is 11.6 Å². The molecule has 1 nitrogen and oxygen atoms in total. The van der Waals surface area contributed by atoms with Crippen LogP contribution in [0.2, 0.25) is 5.02 Å². The summed E-state index contributed by atoms with van der Waals surface area (Å²) in [6, 6.07) is 14.7. The van der Waals surface area contributed by atoms with Crippen molar-refractivity contribution in [2.24, 2.45) is 0 Å². The number of rotatable bonds is 4. The van der Waals surface area contributed by atoms with Crippen molar-refractivity contribution < 1.29 is 9.50 Å². The molecule has 1 atom stereocenters. The van der Waals surface area contributed by atoms with E-state index in [1.54, 1.807) is 12.1 Å². The largest absolute Gasteiger partial charge is 0.392 e. The molecule has 1 fully saturated rings. The first-order chi connectivity index (χ1) is 10.1. The Kier molecular flexibility index (Phi) is 4.01. The van der Waals surface area contributed by atoms with Crippen LogP contribution < -0.4 is 0 Å². The van der Waals surface area contributed by atoms with Crippen molar-refractivity contribution in [3.05, 3.63) is 70.5 Å². The zero-order valence-corrected chi connectivity index (χ0v) is 12.5. The lowest BCUT2D eigenvalue weighted by Gasteiger charge is -2.46. The van der Waals surface area contributed by atoms with Crippen LogP contribution in [0.25, 0.3) is 0 Å². The molecule has 0 radical (unpaired) electrons. The topological polar surface area (TPSA) is 20.2 Å². The van der Waals surface area contributed by atoms with Gasteiger partial charge in [-0.25, -0.2) is 4.39 Å². The van der Waals surface area contributed by atoms with E-state index in [1.807, 2.05) is 18.2 Å². The van der Waals surface area contributed by atoms with Gasteiger partial charge in [0, 0.05) is 16.9 Å². The molecule has 0 spiro atoms. The molecule has 1 saturated carbocycles. The van der Waals surface area contributed by atoms with Crippen LogP contribution in [0.3, 0.4) is 0 Å². The van der Waals surface area contributed by atoms with Gasteiger partial charge in [0.15, 0.2) is 0 Å². The zero-order chi connectivity index (χ0) is 14.9. The zero-order valence-electron chi connectivity index (χ0n) is 11.7. The van der Waals surface area contributed by atoms with Gasteiger partial charge in [0.25, 0.3) is 0 Å². The molecule has 1 unspecified atom stereocenters. The summed E-state index contributed by atoms with van der Waals surface area (Å²) in [6.07, 6.45) is 2.75. The van der Waals surface area contributed by atoms with Crippen molar-refractivity contribution in [3.8, 4) is 0 Å². The third kappa shape index (κ3) is 2.70. The molecule has 2 aromatic carbocycles. The van der Waals surface area contributed by atoms with E-state index >= 15 is 0 Å². The highest BCUT2D eigenvalue weighted by Crippen LogP contribution is 2.47. The van der Waals surface area contributed by atoms with Crippen LogP contribution in [0.5, 0.6) is 0 Å². The lowest BCUT2D eigenvalue weighted by molar-refractivity contribution is 0.0280. The second kappa shape index (κ2) is 5.78. The van der Waals surface area contributed by atoms with Crippen LogP contribution in [-0.4, -0.2) is 11.2 Å². The third-order valence-electron chi connectivity index (χ3n) is 4.66. The summed E-state index contributed by atoms with van der Waals surface area (Å²) in [5.41, 5.74) is 1.44. The van der Waals surface area contributed by atoms with E-state index in [9.17, 15) is 9.50 Å². The van der Waals surface area contributed by atoms with E-state index in [1.165, 1.54) is 6.07 Å². The van der Waals surface area contributed by atoms with Crippen molar-refractivity contribution in [2.45, 2.75) is 37.2 Å². The van der Waals surface area contributed by atoms with Gasteiger partial charge in [0.2, 0.25) is 0 Å². The molecule has 21 heavy (non-hydrogen) atoms. The van der Waals surface area contributed by atoms with Gasteiger partial charge in [0.1, 0.15) is 5.82 Å². The van der Waals surface area contributed by atoms with Gasteiger partial charge in [-0.05, 0) is 36.1 Å². The SMILES string of the molecule is OC(Cc1ccc(Cl)cc1F)C1(c2ccccc2)CCC1. The summed E-state index contributed by atoms with van der Waals surface area (Å²) >= 11 is 5.78. The molecule has 1 aliphatic carbocycles. The number of aliphatic hydroxyl groups excluding tert-OH is 1. The van der Waals surface area contributed by atoms with Gasteiger partial charge in [-0.3, -0.25) is 0 Å². The smallest absolute Gasteiger partial charge is 0.127 e. The maximum absolute atomic E-state index is 13.9. The van der Waals surface area contributed by atoms with Crippen LogP contribution in [-0.2, 0) is 11.8 Å². The Morgan fingerprint density at radius 1 is 1.14 bits per heavy atom. The molecule has 0 aliphatic heterocycles. The van der Waals surface area contributed by atoms with E-state index < -0.39 is 6.10 Å². The molecule has 0 heterocycles. The second-order valence-electron chi connectivity index (χ2n) is 5.83. The lowest BCUT2D eigenvalue weighted by atomic mass is 9.60. The fourth-order valence-electron chi connectivity index (χ4n) is 3.23. The minimum absolute atomic E-state index is 0.229. The van der Waals surface area contributed by atoms with E-state index in [0.717, 1.165) is 24.8 Å². The van der Waals surface area contributed by atoms with Gasteiger partial charge in [-0.15, -0.1) is 0 Å². The fourth-order valence-corrected chi connectivity index (χ4v) is 3.39. The Balaban J connectivity index is 1.85. The van der Waals surface area contributed by atoms with Crippen LogP contribution in [0.15, 0.2) is 48.5 Å². The predicted molar refractivity (Wildman–Crippen MR) is 83.1 cm³/mol. The van der Waals surface area contributed by atoms with Crippen LogP contribution in [0.1, 0.15) is 30.4 Å². The summed E-state index contributed by atoms with van der Waals surface area (Å²) in [4.78, 5) is 0. The molecule has 1 N–H and O–H groups in total. The Hall–Kier alpha value is -1.38. The average Bonchev–Trinajstić information content (AvgIpc) is 2.42. The van der Waals surface area contributed by atoms with E-state index in [2.05, 4.69) is 12.1 Å². The van der Waals surface area contributed by atoms with E-state index in [0.29, 0.717) is 17.0 Å². The second-order valence-corrected chi connectivity index (χ2v) is 6.27. The number of benzene rings is 2. The Bertz CT molecular complexity index is 622. The first-order valence-corrected chi connectivity index (χ1v) is 7.67. The highest BCUT2D eigenvalue weighted by Gasteiger charge is 2.44. The minimum Gasteiger partial charge on any atom is -0.392 e. The molecule has 3 heteroatoms. The van der Waals surface area contributed by atoms with Gasteiger partial charge in [-0.2, -0.15) is 0 Å². The predicted octanol–water partition coefficient (Wildman–Crippen LogP) is 4.50. The molecule has 1 aliphatic rings. The molecular formula is C18H18ClFO. The number of hydrogen-bond donors (Lipinski definition) is 1. The maximum atomic E-state index is 13.9. The van der Waals surface area contributed by atoms with Crippen molar-refractivity contribution >= 4 is 11.6 Å². The fraction of sp³-hybridized carbons (Fsp3) is 0.333. The Labute approximate surface area is 129 Å². The maximum Gasteiger partial charge on any atom is 0.127 e. The summed E-state index contributed by atoms with van der Waals surface area (Å²) in [7, 11) is 0. The van der Waals surface area contributed by atoms with Gasteiger partial charge >= 0.3 is 0 Å². The van der Waals surface area contributed by atoms with Crippen LogP contribution in [0, 0.1) is 5.82 Å². The lowest BCUT2D eigenvalue weighted by Crippen LogP contribution is -2.46. The van der Waals surface area contributed by atoms with Gasteiger partial charge in [-0.1, -0.05) is 54.4 Å². The quantitative estimate of drug-likeness (QED) is 0.881. The van der Waals surface area contributed by atoms with Crippen molar-refractivity contribution in [2.75, 3.05) is 0 Å². The summed E-state index contributed by atoms with van der Waals surface area (Å²) in [5, 5.41) is 11.1. The number of hydrogen-bond acceptors (Lipinski definition) is 1. The highest BCUT2D eigenvalue weighted by molar-refractivity contribution is 6.30. The number of halogens is 2. The molecule has 0 saturated heterocycles. The summed E-state index contributed by atoms with van der Waals surface area (Å²) < 4.78 is 13.9. The Morgan fingerprint density at radius 2 is 1.86 bits per heavy atom. The molecule has 2 aromatic rings. The normalized spacial score (nSPS) is 18.0. The first kappa shape index (κ1) is 14.6. The van der Waals surface area contributed by atoms with Crippen LogP contribution in [0.4, 0.5) is 4.39 Å². The highest BCUT2D eigenvalue weighted by atomic mass is 35.5. The minimum atomic E-state index is -0.579. The summed E-state index contributed by atoms with van der Waals surface area (Å²) in [5.74, 6) is -0.343. The summed E-state index contributed by atoms with van der Waals surface area (Å²) in [6.45, 7) is 0. The third-order valence-corrected chi connectivity index (χ3v) is 4.90. The first-order valence-electron chi connectivity index (χ1n) is 7.29. The molecular weight excluding hydrogens is 287 g/mol. The molecule has 0 amide bonds. The van der Waals surface area contributed by atoms with Gasteiger partial charge < -0.3 is 5.11 Å².